The minimum absolute atomic E-state index is 0.00151. The zero-order valence-electron chi connectivity index (χ0n) is 12.4. The smallest absolute Gasteiger partial charge is 0.320 e. The molecule has 3 unspecified atom stereocenters. The molecule has 0 aliphatic carbocycles. The molecule has 21 heavy (non-hydrogen) atoms. The van der Waals surface area contributed by atoms with Crippen LogP contribution in [0.5, 0.6) is 0 Å². The van der Waals surface area contributed by atoms with Gasteiger partial charge in [0.05, 0.1) is 31.9 Å². The fourth-order valence-electron chi connectivity index (χ4n) is 2.95. The second-order valence-corrected chi connectivity index (χ2v) is 5.96. The minimum atomic E-state index is -0.785. The summed E-state index contributed by atoms with van der Waals surface area (Å²) in [5.74, 6) is -0.512. The van der Waals surface area contributed by atoms with Crippen LogP contribution in [-0.4, -0.2) is 77.0 Å². The number of aliphatic hydroxyl groups is 1. The van der Waals surface area contributed by atoms with E-state index in [2.05, 4.69) is 0 Å². The van der Waals surface area contributed by atoms with E-state index in [0.717, 1.165) is 6.42 Å². The number of carbonyl (C=O) groups is 2. The predicted molar refractivity (Wildman–Crippen MR) is 74.9 cm³/mol. The summed E-state index contributed by atoms with van der Waals surface area (Å²) in [6.07, 6.45) is 1.33. The normalized spacial score (nSPS) is 29.7. The van der Waals surface area contributed by atoms with Gasteiger partial charge in [-0.1, -0.05) is 0 Å². The molecule has 0 radical (unpaired) electrons. The van der Waals surface area contributed by atoms with Gasteiger partial charge < -0.3 is 24.7 Å². The summed E-state index contributed by atoms with van der Waals surface area (Å²) in [6.45, 7) is 4.00. The summed E-state index contributed by atoms with van der Waals surface area (Å²) in [7, 11) is 0. The van der Waals surface area contributed by atoms with Gasteiger partial charge in [0.25, 0.3) is 0 Å². The van der Waals surface area contributed by atoms with E-state index in [4.69, 9.17) is 9.84 Å². The van der Waals surface area contributed by atoms with Gasteiger partial charge in [-0.3, -0.25) is 4.79 Å². The number of amides is 2. The van der Waals surface area contributed by atoms with Crippen molar-refractivity contribution in [3.05, 3.63) is 0 Å². The highest BCUT2D eigenvalue weighted by Gasteiger charge is 2.35. The highest BCUT2D eigenvalue weighted by molar-refractivity contribution is 5.75. The van der Waals surface area contributed by atoms with Gasteiger partial charge in [-0.15, -0.1) is 0 Å². The predicted octanol–water partition coefficient (Wildman–Crippen LogP) is 0.375. The summed E-state index contributed by atoms with van der Waals surface area (Å²) >= 11 is 0. The zero-order valence-corrected chi connectivity index (χ0v) is 12.4. The molecule has 2 fully saturated rings. The maximum absolute atomic E-state index is 12.6. The highest BCUT2D eigenvalue weighted by atomic mass is 16.5. The second-order valence-electron chi connectivity index (χ2n) is 5.96. The Hall–Kier alpha value is -1.34. The lowest BCUT2D eigenvalue weighted by molar-refractivity contribution is -0.137. The Bertz CT molecular complexity index is 390. The lowest BCUT2D eigenvalue weighted by Crippen LogP contribution is -2.55. The molecule has 2 rings (SSSR count). The van der Waals surface area contributed by atoms with E-state index in [9.17, 15) is 14.7 Å². The molecule has 2 aliphatic rings. The number of aliphatic carboxylic acids is 1. The van der Waals surface area contributed by atoms with Crippen molar-refractivity contribution >= 4 is 12.0 Å². The van der Waals surface area contributed by atoms with E-state index >= 15 is 0 Å². The number of hydrogen-bond donors (Lipinski definition) is 2. The number of likely N-dealkylation sites (tertiary alicyclic amines) is 1. The number of ether oxygens (including phenoxy) is 1. The first-order chi connectivity index (χ1) is 10.0. The van der Waals surface area contributed by atoms with Gasteiger partial charge in [0, 0.05) is 19.5 Å². The van der Waals surface area contributed by atoms with Crippen LogP contribution in [0.15, 0.2) is 0 Å². The molecule has 0 spiro atoms. The van der Waals surface area contributed by atoms with Crippen LogP contribution in [-0.2, 0) is 9.53 Å². The molecule has 0 aromatic heterocycles. The van der Waals surface area contributed by atoms with Crippen molar-refractivity contribution < 1.29 is 24.5 Å². The molecule has 2 heterocycles. The number of carbonyl (C=O) groups excluding carboxylic acids is 1. The lowest BCUT2D eigenvalue weighted by atomic mass is 10.0. The molecular formula is C14H24N2O5. The van der Waals surface area contributed by atoms with Crippen LogP contribution in [0.2, 0.25) is 0 Å². The summed E-state index contributed by atoms with van der Waals surface area (Å²) in [5.41, 5.74) is 0. The third kappa shape index (κ3) is 4.07. The lowest BCUT2D eigenvalue weighted by Gasteiger charge is -2.39. The molecule has 3 atom stereocenters. The van der Waals surface area contributed by atoms with Crippen LogP contribution in [0.4, 0.5) is 4.79 Å². The SMILES string of the molecule is CC1COC(CO)CN1C(=O)N1CCC(CCC(=O)O)C1. The highest BCUT2D eigenvalue weighted by Crippen LogP contribution is 2.23. The maximum Gasteiger partial charge on any atom is 0.320 e. The van der Waals surface area contributed by atoms with Gasteiger partial charge in [-0.05, 0) is 25.7 Å². The average Bonchev–Trinajstić information content (AvgIpc) is 2.94. The molecule has 0 aromatic carbocycles. The summed E-state index contributed by atoms with van der Waals surface area (Å²) in [5, 5.41) is 17.9. The van der Waals surface area contributed by atoms with Crippen molar-refractivity contribution in [3.63, 3.8) is 0 Å². The van der Waals surface area contributed by atoms with Crippen molar-refractivity contribution in [2.24, 2.45) is 5.92 Å². The van der Waals surface area contributed by atoms with E-state index in [1.165, 1.54) is 0 Å². The minimum Gasteiger partial charge on any atom is -0.481 e. The first-order valence-electron chi connectivity index (χ1n) is 7.51. The van der Waals surface area contributed by atoms with Crippen molar-refractivity contribution in [3.8, 4) is 0 Å². The number of hydrogen-bond acceptors (Lipinski definition) is 4. The van der Waals surface area contributed by atoms with E-state index < -0.39 is 5.97 Å². The molecule has 2 amide bonds. The molecule has 7 heteroatoms. The number of urea groups is 1. The molecule has 0 aromatic rings. The van der Waals surface area contributed by atoms with Crippen molar-refractivity contribution in [1.29, 1.82) is 0 Å². The third-order valence-electron chi connectivity index (χ3n) is 4.28. The molecule has 0 bridgehead atoms. The molecule has 120 valence electrons. The number of carboxylic acid groups (broad SMARTS) is 1. The van der Waals surface area contributed by atoms with E-state index in [0.29, 0.717) is 32.7 Å². The summed E-state index contributed by atoms with van der Waals surface area (Å²) in [6, 6.07) is -0.0274. The summed E-state index contributed by atoms with van der Waals surface area (Å²) in [4.78, 5) is 26.7. The monoisotopic (exact) mass is 300 g/mol. The van der Waals surface area contributed by atoms with Crippen LogP contribution in [0.25, 0.3) is 0 Å². The number of rotatable bonds is 4. The molecule has 2 aliphatic heterocycles. The Morgan fingerprint density at radius 3 is 2.76 bits per heavy atom. The van der Waals surface area contributed by atoms with Crippen LogP contribution in [0.1, 0.15) is 26.2 Å². The molecular weight excluding hydrogens is 276 g/mol. The van der Waals surface area contributed by atoms with Gasteiger partial charge in [-0.25, -0.2) is 4.79 Å². The van der Waals surface area contributed by atoms with Crippen LogP contribution in [0.3, 0.4) is 0 Å². The topological polar surface area (TPSA) is 90.3 Å². The largest absolute Gasteiger partial charge is 0.481 e. The van der Waals surface area contributed by atoms with Crippen LogP contribution >= 0.6 is 0 Å². The molecule has 2 N–H and O–H groups in total. The fraction of sp³-hybridized carbons (Fsp3) is 0.857. The first-order valence-corrected chi connectivity index (χ1v) is 7.51. The Labute approximate surface area is 124 Å². The van der Waals surface area contributed by atoms with E-state index in [1.54, 1.807) is 9.80 Å². The van der Waals surface area contributed by atoms with Gasteiger partial charge in [-0.2, -0.15) is 0 Å². The molecule has 7 nitrogen and oxygen atoms in total. The van der Waals surface area contributed by atoms with Gasteiger partial charge in [0.1, 0.15) is 0 Å². The van der Waals surface area contributed by atoms with Gasteiger partial charge >= 0.3 is 12.0 Å². The number of aliphatic hydroxyl groups excluding tert-OH is 1. The van der Waals surface area contributed by atoms with Gasteiger partial charge in [0.15, 0.2) is 0 Å². The summed E-state index contributed by atoms with van der Waals surface area (Å²) < 4.78 is 5.44. The van der Waals surface area contributed by atoms with Crippen LogP contribution in [0, 0.1) is 5.92 Å². The van der Waals surface area contributed by atoms with Gasteiger partial charge in [0.2, 0.25) is 0 Å². The van der Waals surface area contributed by atoms with E-state index in [-0.39, 0.29) is 37.1 Å². The Morgan fingerprint density at radius 2 is 2.10 bits per heavy atom. The van der Waals surface area contributed by atoms with Crippen molar-refractivity contribution in [1.82, 2.24) is 9.80 Å². The zero-order chi connectivity index (χ0) is 15.4. The molecule has 0 saturated carbocycles. The number of morpholine rings is 1. The quantitative estimate of drug-likeness (QED) is 0.783. The third-order valence-corrected chi connectivity index (χ3v) is 4.28. The Kier molecular flexibility index (Phi) is 5.41. The van der Waals surface area contributed by atoms with Crippen molar-refractivity contribution in [2.45, 2.75) is 38.3 Å². The molecule has 2 saturated heterocycles. The van der Waals surface area contributed by atoms with Crippen LogP contribution < -0.4 is 0 Å². The standard InChI is InChI=1S/C14H24N2O5/c1-10-9-21-12(8-17)7-16(10)14(20)15-5-4-11(6-15)2-3-13(18)19/h10-12,17H,2-9H2,1H3,(H,18,19). The second kappa shape index (κ2) is 7.09. The Balaban J connectivity index is 1.86. The Morgan fingerprint density at radius 1 is 1.33 bits per heavy atom. The number of nitrogens with zero attached hydrogens (tertiary/aromatic N) is 2. The van der Waals surface area contributed by atoms with E-state index in [1.807, 2.05) is 6.92 Å². The maximum atomic E-state index is 12.6. The first kappa shape index (κ1) is 16.0. The van der Waals surface area contributed by atoms with Crippen molar-refractivity contribution in [2.75, 3.05) is 32.8 Å². The number of carboxylic acids is 1. The fourth-order valence-corrected chi connectivity index (χ4v) is 2.95. The average molecular weight is 300 g/mol.